The summed E-state index contributed by atoms with van der Waals surface area (Å²) in [7, 11) is 0. The second-order valence-electron chi connectivity index (χ2n) is 12.6. The average Bonchev–Trinajstić information content (AvgIpc) is 3.58. The van der Waals surface area contributed by atoms with Crippen LogP contribution in [0.2, 0.25) is 0 Å². The number of hydrogen-bond donors (Lipinski definition) is 1. The van der Waals surface area contributed by atoms with Crippen LogP contribution in [0.1, 0.15) is 64.9 Å². The van der Waals surface area contributed by atoms with Crippen LogP contribution >= 0.6 is 0 Å². The zero-order valence-electron chi connectivity index (χ0n) is 25.0. The molecule has 0 radical (unpaired) electrons. The molecule has 3 fully saturated rings. The van der Waals surface area contributed by atoms with Crippen molar-refractivity contribution in [3.8, 4) is 0 Å². The summed E-state index contributed by atoms with van der Waals surface area (Å²) in [5, 5.41) is 9.18. The first-order valence-corrected chi connectivity index (χ1v) is 15.1. The molecule has 4 rings (SSSR count). The molecular weight excluding hydrogens is 518 g/mol. The minimum atomic E-state index is -1.03. The Bertz CT molecular complexity index is 1120. The molecule has 1 aromatic carbocycles. The van der Waals surface area contributed by atoms with Crippen molar-refractivity contribution < 1.29 is 24.2 Å². The minimum absolute atomic E-state index is 0.117. The largest absolute Gasteiger partial charge is 0.396 e. The molecular formula is C33H47N3O5. The zero-order valence-corrected chi connectivity index (χ0v) is 25.0. The number of fused-ring (bicyclic) bond motifs is 1. The molecule has 5 atom stereocenters. The highest BCUT2D eigenvalue weighted by Gasteiger charge is 2.75. The van der Waals surface area contributed by atoms with Gasteiger partial charge in [-0.15, -0.1) is 13.2 Å². The van der Waals surface area contributed by atoms with Crippen molar-refractivity contribution in [1.29, 1.82) is 0 Å². The Balaban J connectivity index is 1.68. The number of rotatable bonds is 14. The quantitative estimate of drug-likeness (QED) is 0.273. The minimum Gasteiger partial charge on any atom is -0.396 e. The van der Waals surface area contributed by atoms with Crippen LogP contribution in [-0.2, 0) is 25.7 Å². The number of benzene rings is 1. The van der Waals surface area contributed by atoms with E-state index in [9.17, 15) is 19.5 Å². The Hall–Kier alpha value is -2.97. The van der Waals surface area contributed by atoms with E-state index in [0.29, 0.717) is 51.9 Å². The summed E-state index contributed by atoms with van der Waals surface area (Å²) < 4.78 is 6.67. The summed E-state index contributed by atoms with van der Waals surface area (Å²) in [4.78, 5) is 48.2. The summed E-state index contributed by atoms with van der Waals surface area (Å²) in [6, 6.07) is 9.01. The molecule has 0 saturated carbocycles. The lowest BCUT2D eigenvalue weighted by atomic mass is 9.70. The van der Waals surface area contributed by atoms with Gasteiger partial charge in [0.25, 0.3) is 0 Å². The van der Waals surface area contributed by atoms with Gasteiger partial charge in [0.15, 0.2) is 0 Å². The van der Waals surface area contributed by atoms with E-state index >= 15 is 0 Å². The lowest BCUT2D eigenvalue weighted by Crippen LogP contribution is -2.60. The maximum absolute atomic E-state index is 14.4. The first-order chi connectivity index (χ1) is 19.6. The Morgan fingerprint density at radius 1 is 1.07 bits per heavy atom. The summed E-state index contributed by atoms with van der Waals surface area (Å²) >= 11 is 0. The van der Waals surface area contributed by atoms with E-state index in [4.69, 9.17) is 4.74 Å². The van der Waals surface area contributed by atoms with Crippen molar-refractivity contribution >= 4 is 17.7 Å². The summed E-state index contributed by atoms with van der Waals surface area (Å²) in [5.41, 5.74) is -0.512. The summed E-state index contributed by atoms with van der Waals surface area (Å²) in [6.07, 6.45) is 7.35. The number of unbranched alkanes of at least 4 members (excludes halogenated alkanes) is 3. The number of amides is 3. The van der Waals surface area contributed by atoms with Crippen LogP contribution in [0.25, 0.3) is 0 Å². The molecule has 3 aliphatic rings. The number of carbonyl (C=O) groups is 3. The van der Waals surface area contributed by atoms with Crippen molar-refractivity contribution in [1.82, 2.24) is 14.7 Å². The fourth-order valence-corrected chi connectivity index (χ4v) is 7.08. The Kier molecular flexibility index (Phi) is 9.75. The number of carbonyl (C=O) groups excluding carboxylic acids is 3. The fraction of sp³-hybridized carbons (Fsp3) is 0.606. The van der Waals surface area contributed by atoms with Gasteiger partial charge in [0.1, 0.15) is 11.6 Å². The van der Waals surface area contributed by atoms with E-state index in [0.717, 1.165) is 18.4 Å². The van der Waals surface area contributed by atoms with Gasteiger partial charge in [-0.2, -0.15) is 0 Å². The van der Waals surface area contributed by atoms with Crippen molar-refractivity contribution in [2.45, 2.75) is 89.1 Å². The molecule has 1 spiro atoms. The highest BCUT2D eigenvalue weighted by atomic mass is 16.5. The summed E-state index contributed by atoms with van der Waals surface area (Å²) in [5.74, 6) is -1.76. The first-order valence-electron chi connectivity index (χ1n) is 15.1. The third-order valence-electron chi connectivity index (χ3n) is 8.89. The molecule has 224 valence electrons. The lowest BCUT2D eigenvalue weighted by Gasteiger charge is -2.42. The monoisotopic (exact) mass is 565 g/mol. The predicted molar refractivity (Wildman–Crippen MR) is 159 cm³/mol. The van der Waals surface area contributed by atoms with Crippen molar-refractivity contribution in [3.63, 3.8) is 0 Å². The molecule has 2 bridgehead atoms. The van der Waals surface area contributed by atoms with Crippen molar-refractivity contribution in [3.05, 3.63) is 61.2 Å². The van der Waals surface area contributed by atoms with Gasteiger partial charge in [-0.1, -0.05) is 55.3 Å². The standard InChI is InChI=1S/C33H47N3O5/c1-6-19-34(23-24-15-11-10-12-16-24)29(38)26-25-17-18-33(41-25)27(26)30(39)35(21-13-8-9-14-22-37)28(33)31(40)36(20-7-2)32(3,4)5/h6-7,10-12,15-16,25-28,37H,1-2,8-9,13-14,17-23H2,3-5H3/t25-,26+,27+,28?,33?/m1/s1. The van der Waals surface area contributed by atoms with Gasteiger partial charge in [-0.05, 0) is 52.0 Å². The van der Waals surface area contributed by atoms with Gasteiger partial charge < -0.3 is 24.5 Å². The molecule has 2 unspecified atom stereocenters. The van der Waals surface area contributed by atoms with Crippen molar-refractivity contribution in [2.75, 3.05) is 26.2 Å². The number of aliphatic hydroxyl groups is 1. The maximum Gasteiger partial charge on any atom is 0.249 e. The fourth-order valence-electron chi connectivity index (χ4n) is 7.08. The highest BCUT2D eigenvalue weighted by Crippen LogP contribution is 2.59. The van der Waals surface area contributed by atoms with E-state index in [1.54, 1.807) is 26.9 Å². The third kappa shape index (κ3) is 6.00. The predicted octanol–water partition coefficient (Wildman–Crippen LogP) is 3.94. The van der Waals surface area contributed by atoms with Gasteiger partial charge in [-0.25, -0.2) is 0 Å². The number of aliphatic hydroxyl groups excluding tert-OH is 1. The SMILES string of the molecule is C=CCN(Cc1ccccc1)C(=O)[C@@H]1[C@H]2C(=O)N(CCCCCCO)C(C(=O)N(CC=C)C(C)(C)C)C23CC[C@H]1O3. The second kappa shape index (κ2) is 12.9. The molecule has 1 aromatic rings. The number of likely N-dealkylation sites (tertiary alicyclic amines) is 1. The zero-order chi connectivity index (χ0) is 29.8. The third-order valence-corrected chi connectivity index (χ3v) is 8.89. The van der Waals surface area contributed by atoms with E-state index in [1.165, 1.54) is 0 Å². The number of ether oxygens (including phenoxy) is 1. The van der Waals surface area contributed by atoms with Gasteiger partial charge in [-0.3, -0.25) is 14.4 Å². The molecule has 1 N–H and O–H groups in total. The number of nitrogens with zero attached hydrogens (tertiary/aromatic N) is 3. The molecule has 3 heterocycles. The van der Waals surface area contributed by atoms with E-state index < -0.39 is 35.1 Å². The van der Waals surface area contributed by atoms with Gasteiger partial charge in [0, 0.05) is 38.3 Å². The van der Waals surface area contributed by atoms with Crippen LogP contribution in [-0.4, -0.2) is 87.1 Å². The normalized spacial score (nSPS) is 26.6. The molecule has 8 nitrogen and oxygen atoms in total. The summed E-state index contributed by atoms with van der Waals surface area (Å²) in [6.45, 7) is 15.4. The molecule has 0 aliphatic carbocycles. The van der Waals surface area contributed by atoms with Crippen LogP contribution in [0.15, 0.2) is 55.6 Å². The molecule has 8 heteroatoms. The average molecular weight is 566 g/mol. The maximum atomic E-state index is 14.4. The van der Waals surface area contributed by atoms with Gasteiger partial charge in [0.2, 0.25) is 17.7 Å². The molecule has 0 aromatic heterocycles. The van der Waals surface area contributed by atoms with Crippen LogP contribution in [0, 0.1) is 11.8 Å². The van der Waals surface area contributed by atoms with Crippen LogP contribution in [0.4, 0.5) is 0 Å². The number of hydrogen-bond acceptors (Lipinski definition) is 5. The van der Waals surface area contributed by atoms with Gasteiger partial charge >= 0.3 is 0 Å². The Labute approximate surface area is 245 Å². The Morgan fingerprint density at radius 3 is 2.39 bits per heavy atom. The Morgan fingerprint density at radius 2 is 1.76 bits per heavy atom. The molecule has 41 heavy (non-hydrogen) atoms. The second-order valence-corrected chi connectivity index (χ2v) is 12.6. The molecule has 3 saturated heterocycles. The van der Waals surface area contributed by atoms with Gasteiger partial charge in [0.05, 0.1) is 17.9 Å². The van der Waals surface area contributed by atoms with Crippen molar-refractivity contribution in [2.24, 2.45) is 11.8 Å². The molecule has 3 amide bonds. The smallest absolute Gasteiger partial charge is 0.249 e. The first kappa shape index (κ1) is 31.0. The van der Waals surface area contributed by atoms with E-state index in [-0.39, 0.29) is 24.3 Å². The van der Waals surface area contributed by atoms with E-state index in [2.05, 4.69) is 13.2 Å². The lowest BCUT2D eigenvalue weighted by molar-refractivity contribution is -0.151. The van der Waals surface area contributed by atoms with Crippen LogP contribution in [0.3, 0.4) is 0 Å². The topological polar surface area (TPSA) is 90.4 Å². The van der Waals surface area contributed by atoms with E-state index in [1.807, 2.05) is 51.1 Å². The van der Waals surface area contributed by atoms with Crippen LogP contribution in [0.5, 0.6) is 0 Å². The highest BCUT2D eigenvalue weighted by molar-refractivity contribution is 5.99. The molecule has 3 aliphatic heterocycles. The van der Waals surface area contributed by atoms with Crippen LogP contribution < -0.4 is 0 Å².